The van der Waals surface area contributed by atoms with Crippen LogP contribution in [0, 0.1) is 13.8 Å². The van der Waals surface area contributed by atoms with E-state index < -0.39 is 0 Å². The van der Waals surface area contributed by atoms with E-state index in [0.29, 0.717) is 39.3 Å². The van der Waals surface area contributed by atoms with Gasteiger partial charge in [-0.05, 0) is 24.8 Å². The van der Waals surface area contributed by atoms with Gasteiger partial charge in [0.2, 0.25) is 5.91 Å². The maximum atomic E-state index is 12.1. The summed E-state index contributed by atoms with van der Waals surface area (Å²) in [7, 11) is 0. The Morgan fingerprint density at radius 2 is 2.14 bits per heavy atom. The molecule has 1 aliphatic rings. The zero-order valence-electron chi connectivity index (χ0n) is 12.9. The number of nitrogens with zero attached hydrogens (tertiary/aromatic N) is 3. The molecule has 0 bridgehead atoms. The fourth-order valence-electron chi connectivity index (χ4n) is 2.58. The van der Waals surface area contributed by atoms with E-state index in [1.165, 1.54) is 5.56 Å². The molecule has 2 aromatic rings. The summed E-state index contributed by atoms with van der Waals surface area (Å²) in [5.41, 5.74) is 1.17. The van der Waals surface area contributed by atoms with Crippen molar-refractivity contribution in [2.24, 2.45) is 0 Å². The molecule has 1 aliphatic heterocycles. The highest BCUT2D eigenvalue weighted by Gasteiger charge is 2.16. The second-order valence-corrected chi connectivity index (χ2v) is 6.25. The number of aromatic nitrogens is 2. The third-order valence-corrected chi connectivity index (χ3v) is 4.71. The minimum atomic E-state index is 0.167. The highest BCUT2D eigenvalue weighted by atomic mass is 32.1. The molecule has 3 rings (SSSR count). The summed E-state index contributed by atoms with van der Waals surface area (Å²) in [5.74, 6) is 1.74. The molecule has 0 spiro atoms. The normalized spacial score (nSPS) is 15.3. The number of fused-ring (bicyclic) bond motifs is 1. The zero-order valence-corrected chi connectivity index (χ0v) is 13.7. The number of thiophene rings is 1. The van der Waals surface area contributed by atoms with E-state index in [4.69, 9.17) is 4.74 Å². The molecule has 0 saturated carbocycles. The molecule has 0 atom stereocenters. The van der Waals surface area contributed by atoms with Crippen molar-refractivity contribution in [2.45, 2.75) is 20.3 Å². The molecule has 7 heteroatoms. The second kappa shape index (κ2) is 6.58. The van der Waals surface area contributed by atoms with Crippen molar-refractivity contribution < 1.29 is 9.53 Å². The first-order valence-electron chi connectivity index (χ1n) is 7.47. The first kappa shape index (κ1) is 15.2. The van der Waals surface area contributed by atoms with Gasteiger partial charge in [0.1, 0.15) is 16.5 Å². The molecule has 0 aromatic carbocycles. The lowest BCUT2D eigenvalue weighted by Gasteiger charge is -2.26. The van der Waals surface area contributed by atoms with Gasteiger partial charge in [-0.3, -0.25) is 4.79 Å². The van der Waals surface area contributed by atoms with E-state index in [-0.39, 0.29) is 5.91 Å². The van der Waals surface area contributed by atoms with Crippen LogP contribution < -0.4 is 5.32 Å². The van der Waals surface area contributed by atoms with Gasteiger partial charge in [0.15, 0.2) is 0 Å². The van der Waals surface area contributed by atoms with Gasteiger partial charge in [-0.25, -0.2) is 9.97 Å². The maximum Gasteiger partial charge on any atom is 0.224 e. The summed E-state index contributed by atoms with van der Waals surface area (Å²) < 4.78 is 5.26. The molecule has 1 saturated heterocycles. The predicted octanol–water partition coefficient (Wildman–Crippen LogP) is 1.97. The van der Waals surface area contributed by atoms with Crippen LogP contribution in [-0.4, -0.2) is 53.6 Å². The number of hydrogen-bond donors (Lipinski definition) is 1. The SMILES string of the molecule is Cc1nc(NCCC(=O)N2CCOCC2)c2c(C)csc2n1. The van der Waals surface area contributed by atoms with Crippen LogP contribution >= 0.6 is 11.3 Å². The highest BCUT2D eigenvalue weighted by molar-refractivity contribution is 7.17. The summed E-state index contributed by atoms with van der Waals surface area (Å²) in [5, 5.41) is 6.45. The van der Waals surface area contributed by atoms with Crippen LogP contribution in [0.2, 0.25) is 0 Å². The summed E-state index contributed by atoms with van der Waals surface area (Å²) in [6.07, 6.45) is 0.466. The Balaban J connectivity index is 1.64. The molecular weight excluding hydrogens is 300 g/mol. The monoisotopic (exact) mass is 320 g/mol. The molecule has 2 aromatic heterocycles. The fraction of sp³-hybridized carbons (Fsp3) is 0.533. The first-order chi connectivity index (χ1) is 10.6. The van der Waals surface area contributed by atoms with Gasteiger partial charge in [-0.2, -0.15) is 0 Å². The number of anilines is 1. The third kappa shape index (κ3) is 3.20. The number of rotatable bonds is 4. The quantitative estimate of drug-likeness (QED) is 0.933. The fourth-order valence-corrected chi connectivity index (χ4v) is 3.54. The van der Waals surface area contributed by atoms with Crippen molar-refractivity contribution in [1.29, 1.82) is 0 Å². The predicted molar refractivity (Wildman–Crippen MR) is 87.4 cm³/mol. The van der Waals surface area contributed by atoms with Crippen molar-refractivity contribution in [3.05, 3.63) is 16.8 Å². The molecule has 22 heavy (non-hydrogen) atoms. The average Bonchev–Trinajstić information content (AvgIpc) is 2.89. The lowest BCUT2D eigenvalue weighted by atomic mass is 10.2. The van der Waals surface area contributed by atoms with E-state index in [9.17, 15) is 4.79 Å². The van der Waals surface area contributed by atoms with Gasteiger partial charge in [-0.15, -0.1) is 11.3 Å². The van der Waals surface area contributed by atoms with E-state index in [1.807, 2.05) is 11.8 Å². The zero-order chi connectivity index (χ0) is 15.5. The average molecular weight is 320 g/mol. The Bertz CT molecular complexity index is 679. The first-order valence-corrected chi connectivity index (χ1v) is 8.35. The smallest absolute Gasteiger partial charge is 0.224 e. The third-order valence-electron chi connectivity index (χ3n) is 3.72. The van der Waals surface area contributed by atoms with Gasteiger partial charge in [-0.1, -0.05) is 0 Å². The highest BCUT2D eigenvalue weighted by Crippen LogP contribution is 2.29. The minimum absolute atomic E-state index is 0.167. The Labute approximate surface area is 133 Å². The van der Waals surface area contributed by atoms with E-state index >= 15 is 0 Å². The maximum absolute atomic E-state index is 12.1. The largest absolute Gasteiger partial charge is 0.378 e. The lowest BCUT2D eigenvalue weighted by molar-refractivity contribution is -0.134. The topological polar surface area (TPSA) is 67.4 Å². The number of ether oxygens (including phenoxy) is 1. The Morgan fingerprint density at radius 3 is 2.91 bits per heavy atom. The number of carbonyl (C=O) groups excluding carboxylic acids is 1. The summed E-state index contributed by atoms with van der Waals surface area (Å²) >= 11 is 1.62. The summed E-state index contributed by atoms with van der Waals surface area (Å²) in [6, 6.07) is 0. The molecule has 118 valence electrons. The van der Waals surface area contributed by atoms with Crippen LogP contribution in [0.5, 0.6) is 0 Å². The number of morpholine rings is 1. The molecule has 0 aliphatic carbocycles. The van der Waals surface area contributed by atoms with Gasteiger partial charge in [0, 0.05) is 26.1 Å². The second-order valence-electron chi connectivity index (χ2n) is 5.39. The van der Waals surface area contributed by atoms with Gasteiger partial charge in [0.25, 0.3) is 0 Å². The van der Waals surface area contributed by atoms with Crippen LogP contribution in [0.4, 0.5) is 5.82 Å². The Kier molecular flexibility index (Phi) is 4.54. The summed E-state index contributed by atoms with van der Waals surface area (Å²) in [6.45, 7) is 7.19. The molecule has 6 nitrogen and oxygen atoms in total. The minimum Gasteiger partial charge on any atom is -0.378 e. The van der Waals surface area contributed by atoms with Gasteiger partial charge >= 0.3 is 0 Å². The number of nitrogens with one attached hydrogen (secondary N) is 1. The van der Waals surface area contributed by atoms with E-state index in [0.717, 1.165) is 21.9 Å². The molecule has 1 amide bonds. The molecule has 3 heterocycles. The van der Waals surface area contributed by atoms with Crippen molar-refractivity contribution in [1.82, 2.24) is 14.9 Å². The van der Waals surface area contributed by atoms with Crippen molar-refractivity contribution in [3.63, 3.8) is 0 Å². The van der Waals surface area contributed by atoms with Gasteiger partial charge < -0.3 is 15.0 Å². The molecule has 0 radical (unpaired) electrons. The van der Waals surface area contributed by atoms with Crippen LogP contribution in [-0.2, 0) is 9.53 Å². The number of amides is 1. The Morgan fingerprint density at radius 1 is 1.36 bits per heavy atom. The molecular formula is C15H20N4O2S. The van der Waals surface area contributed by atoms with Gasteiger partial charge in [0.05, 0.1) is 18.6 Å². The van der Waals surface area contributed by atoms with Crippen molar-refractivity contribution >= 4 is 33.3 Å². The van der Waals surface area contributed by atoms with Crippen LogP contribution in [0.1, 0.15) is 17.8 Å². The van der Waals surface area contributed by atoms with E-state index in [1.54, 1.807) is 11.3 Å². The number of aryl methyl sites for hydroxylation is 2. The lowest BCUT2D eigenvalue weighted by Crippen LogP contribution is -2.41. The van der Waals surface area contributed by atoms with E-state index in [2.05, 4.69) is 27.6 Å². The Hall–Kier alpha value is -1.73. The van der Waals surface area contributed by atoms with Crippen LogP contribution in [0.15, 0.2) is 5.38 Å². The number of hydrogen-bond acceptors (Lipinski definition) is 6. The standard InChI is InChI=1S/C15H20N4O2S/c1-10-9-22-15-13(10)14(17-11(2)18-15)16-4-3-12(20)19-5-7-21-8-6-19/h9H,3-8H2,1-2H3,(H,16,17,18). The van der Waals surface area contributed by atoms with Crippen LogP contribution in [0.25, 0.3) is 10.2 Å². The molecule has 1 N–H and O–H groups in total. The van der Waals surface area contributed by atoms with Crippen LogP contribution in [0.3, 0.4) is 0 Å². The van der Waals surface area contributed by atoms with Crippen molar-refractivity contribution in [3.8, 4) is 0 Å². The van der Waals surface area contributed by atoms with Crippen molar-refractivity contribution in [2.75, 3.05) is 38.2 Å². The molecule has 1 fully saturated rings. The number of carbonyl (C=O) groups is 1. The summed E-state index contributed by atoms with van der Waals surface area (Å²) in [4.78, 5) is 23.9. The molecule has 0 unspecified atom stereocenters.